The molecule has 0 unspecified atom stereocenters. The van der Waals surface area contributed by atoms with Crippen LogP contribution < -0.4 is 0 Å². The summed E-state index contributed by atoms with van der Waals surface area (Å²) in [4.78, 5) is 44.3. The zero-order valence-electron chi connectivity index (χ0n) is 17.3. The molecule has 4 rings (SSSR count). The Bertz CT molecular complexity index is 801. The normalized spacial score (nSPS) is 28.0. The second-order valence-electron chi connectivity index (χ2n) is 8.66. The van der Waals surface area contributed by atoms with Gasteiger partial charge in [0.05, 0.1) is 12.0 Å². The Morgan fingerprint density at radius 3 is 2.52 bits per heavy atom. The Hall–Kier alpha value is -2.45. The van der Waals surface area contributed by atoms with Gasteiger partial charge in [0.2, 0.25) is 11.8 Å². The number of likely N-dealkylation sites (tertiary alicyclic amines) is 1. The van der Waals surface area contributed by atoms with Crippen molar-refractivity contribution >= 4 is 17.7 Å². The molecule has 0 aromatic carbocycles. The van der Waals surface area contributed by atoms with Crippen LogP contribution in [0.15, 0.2) is 4.63 Å². The number of hydrogen-bond acceptors (Lipinski definition) is 6. The third-order valence-electron chi connectivity index (χ3n) is 6.76. The summed E-state index contributed by atoms with van der Waals surface area (Å²) in [7, 11) is 0. The minimum atomic E-state index is -0.343. The van der Waals surface area contributed by atoms with Crippen LogP contribution in [0.4, 0.5) is 0 Å². The van der Waals surface area contributed by atoms with E-state index in [2.05, 4.69) is 21.9 Å². The minimum Gasteiger partial charge on any atom is -0.342 e. The van der Waals surface area contributed by atoms with Crippen molar-refractivity contribution < 1.29 is 19.0 Å². The molecule has 3 aliphatic rings. The van der Waals surface area contributed by atoms with Gasteiger partial charge in [0.15, 0.2) is 5.69 Å². The van der Waals surface area contributed by atoms with Gasteiger partial charge >= 0.3 is 0 Å². The fourth-order valence-electron chi connectivity index (χ4n) is 5.08. The summed E-state index contributed by atoms with van der Waals surface area (Å²) in [5.41, 5.74) is 0.557. The van der Waals surface area contributed by atoms with Crippen LogP contribution in [0.5, 0.6) is 0 Å². The molecule has 29 heavy (non-hydrogen) atoms. The first-order valence-corrected chi connectivity index (χ1v) is 10.6. The van der Waals surface area contributed by atoms with Crippen molar-refractivity contribution in [2.24, 2.45) is 11.8 Å². The van der Waals surface area contributed by atoms with Crippen LogP contribution in [0, 0.1) is 18.8 Å². The van der Waals surface area contributed by atoms with Crippen molar-refractivity contribution in [2.45, 2.75) is 58.5 Å². The molecule has 3 atom stereocenters. The maximum Gasteiger partial charge on any atom is 0.278 e. The summed E-state index contributed by atoms with van der Waals surface area (Å²) in [5.74, 6) is 0.197. The lowest BCUT2D eigenvalue weighted by atomic mass is 9.92. The highest BCUT2D eigenvalue weighted by Crippen LogP contribution is 2.37. The number of amides is 3. The number of aromatic nitrogens is 2. The molecule has 0 N–H and O–H groups in total. The molecule has 0 saturated carbocycles. The first kappa shape index (κ1) is 19.8. The van der Waals surface area contributed by atoms with Crippen molar-refractivity contribution in [2.75, 3.05) is 26.2 Å². The highest BCUT2D eigenvalue weighted by atomic mass is 16.6. The molecule has 0 aliphatic carbocycles. The number of fused-ring (bicyclic) bond motifs is 1. The van der Waals surface area contributed by atoms with E-state index in [-0.39, 0.29) is 48.0 Å². The number of hydrogen-bond donors (Lipinski definition) is 0. The van der Waals surface area contributed by atoms with E-state index >= 15 is 0 Å². The third-order valence-corrected chi connectivity index (χ3v) is 6.76. The van der Waals surface area contributed by atoms with Crippen molar-refractivity contribution in [3.05, 3.63) is 11.4 Å². The predicted octanol–water partition coefficient (Wildman–Crippen LogP) is 1.09. The molecule has 9 heteroatoms. The molecule has 4 heterocycles. The molecule has 0 radical (unpaired) electrons. The molecular weight excluding hydrogens is 374 g/mol. The molecule has 0 spiro atoms. The summed E-state index contributed by atoms with van der Waals surface area (Å²) in [5, 5.41) is 7.34. The van der Waals surface area contributed by atoms with Crippen molar-refractivity contribution in [3.63, 3.8) is 0 Å². The van der Waals surface area contributed by atoms with Crippen molar-refractivity contribution in [3.8, 4) is 0 Å². The summed E-state index contributed by atoms with van der Waals surface area (Å²) >= 11 is 0. The number of rotatable bonds is 3. The molecule has 3 fully saturated rings. The van der Waals surface area contributed by atoms with E-state index in [0.29, 0.717) is 24.6 Å². The molecule has 9 nitrogen and oxygen atoms in total. The second-order valence-corrected chi connectivity index (χ2v) is 8.66. The van der Waals surface area contributed by atoms with Crippen LogP contribution in [0.2, 0.25) is 0 Å². The molecule has 0 bridgehead atoms. The number of piperazine rings is 1. The average molecular weight is 403 g/mol. The fourth-order valence-corrected chi connectivity index (χ4v) is 5.08. The highest BCUT2D eigenvalue weighted by Gasteiger charge is 2.50. The fraction of sp³-hybridized carbons (Fsp3) is 0.750. The number of carbonyl (C=O) groups is 3. The van der Waals surface area contributed by atoms with E-state index in [1.54, 1.807) is 6.92 Å². The van der Waals surface area contributed by atoms with Gasteiger partial charge in [0, 0.05) is 25.7 Å². The molecule has 158 valence electrons. The Morgan fingerprint density at radius 1 is 1.17 bits per heavy atom. The van der Waals surface area contributed by atoms with Gasteiger partial charge in [-0.3, -0.25) is 14.4 Å². The molecule has 3 saturated heterocycles. The maximum absolute atomic E-state index is 13.2. The van der Waals surface area contributed by atoms with Gasteiger partial charge in [-0.25, -0.2) is 4.63 Å². The molecule has 1 aromatic heterocycles. The monoisotopic (exact) mass is 403 g/mol. The van der Waals surface area contributed by atoms with Gasteiger partial charge in [-0.05, 0) is 43.7 Å². The molecule has 3 aliphatic heterocycles. The summed E-state index contributed by atoms with van der Waals surface area (Å²) in [6.07, 6.45) is 3.42. The maximum atomic E-state index is 13.2. The molecule has 3 amide bonds. The van der Waals surface area contributed by atoms with E-state index in [1.165, 1.54) is 4.90 Å². The van der Waals surface area contributed by atoms with E-state index < -0.39 is 0 Å². The highest BCUT2D eigenvalue weighted by molar-refractivity contribution is 5.96. The van der Waals surface area contributed by atoms with Gasteiger partial charge in [-0.2, -0.15) is 0 Å². The van der Waals surface area contributed by atoms with E-state index in [0.717, 1.165) is 32.4 Å². The van der Waals surface area contributed by atoms with Gasteiger partial charge in [-0.1, -0.05) is 19.0 Å². The number of nitrogens with zero attached hydrogens (tertiary/aromatic N) is 5. The van der Waals surface area contributed by atoms with Crippen LogP contribution in [0.1, 0.15) is 55.7 Å². The Kier molecular flexibility index (Phi) is 5.31. The zero-order chi connectivity index (χ0) is 20.7. The molecule has 1 aromatic rings. The van der Waals surface area contributed by atoms with Gasteiger partial charge < -0.3 is 14.7 Å². The van der Waals surface area contributed by atoms with E-state index in [9.17, 15) is 14.4 Å². The van der Waals surface area contributed by atoms with Crippen molar-refractivity contribution in [1.29, 1.82) is 0 Å². The summed E-state index contributed by atoms with van der Waals surface area (Å²) in [6.45, 7) is 7.92. The quantitative estimate of drug-likeness (QED) is 0.749. The first-order valence-electron chi connectivity index (χ1n) is 10.6. The lowest BCUT2D eigenvalue weighted by Gasteiger charge is -2.39. The SMILES string of the molecule is CC[C@H]1[C@@H](C(=O)N2CCC(C)CC2)C[C@H]2CN(C(=O)c3nonc3C)CC(=O)N21. The van der Waals surface area contributed by atoms with Gasteiger partial charge in [0.1, 0.15) is 12.2 Å². The van der Waals surface area contributed by atoms with Crippen LogP contribution >= 0.6 is 0 Å². The number of piperidine rings is 1. The van der Waals surface area contributed by atoms with Crippen LogP contribution in [0.3, 0.4) is 0 Å². The Balaban J connectivity index is 1.50. The summed E-state index contributed by atoms with van der Waals surface area (Å²) in [6, 6.07) is -0.227. The van der Waals surface area contributed by atoms with Gasteiger partial charge in [0.25, 0.3) is 5.91 Å². The largest absolute Gasteiger partial charge is 0.342 e. The van der Waals surface area contributed by atoms with Gasteiger partial charge in [-0.15, -0.1) is 0 Å². The average Bonchev–Trinajstić information content (AvgIpc) is 3.30. The Labute approximate surface area is 170 Å². The lowest BCUT2D eigenvalue weighted by molar-refractivity contribution is -0.141. The standard InChI is InChI=1S/C20H29N5O4/c1-4-16-15(19(27)23-7-5-12(2)6-8-23)9-14-10-24(11-17(26)25(14)16)20(28)18-13(3)21-29-22-18/h12,14-16H,4-11H2,1-3H3/t14-,15-,16-/m0/s1. The molecular formula is C20H29N5O4. The van der Waals surface area contributed by atoms with Crippen molar-refractivity contribution in [1.82, 2.24) is 25.0 Å². The topological polar surface area (TPSA) is 99.9 Å². The van der Waals surface area contributed by atoms with Crippen LogP contribution in [-0.2, 0) is 9.59 Å². The van der Waals surface area contributed by atoms with Crippen LogP contribution in [-0.4, -0.2) is 81.0 Å². The number of carbonyl (C=O) groups excluding carboxylic acids is 3. The lowest BCUT2D eigenvalue weighted by Crippen LogP contribution is -2.57. The zero-order valence-corrected chi connectivity index (χ0v) is 17.3. The second kappa shape index (κ2) is 7.76. The third kappa shape index (κ3) is 3.51. The van der Waals surface area contributed by atoms with E-state index in [1.807, 2.05) is 16.7 Å². The Morgan fingerprint density at radius 2 is 1.90 bits per heavy atom. The number of aryl methyl sites for hydroxylation is 1. The summed E-state index contributed by atoms with van der Waals surface area (Å²) < 4.78 is 4.64. The van der Waals surface area contributed by atoms with E-state index in [4.69, 9.17) is 0 Å². The van der Waals surface area contributed by atoms with Crippen LogP contribution in [0.25, 0.3) is 0 Å². The first-order chi connectivity index (χ1) is 13.9. The predicted molar refractivity (Wildman–Crippen MR) is 103 cm³/mol. The minimum absolute atomic E-state index is 0.000271. The smallest absolute Gasteiger partial charge is 0.278 e.